The first-order chi connectivity index (χ1) is 13.5. The van der Waals surface area contributed by atoms with Crippen molar-refractivity contribution < 1.29 is 4.79 Å². The van der Waals surface area contributed by atoms with E-state index in [0.29, 0.717) is 26.1 Å². The van der Waals surface area contributed by atoms with E-state index in [4.69, 9.17) is 0 Å². The summed E-state index contributed by atoms with van der Waals surface area (Å²) in [6.07, 6.45) is 1.65. The molecule has 2 aromatic rings. The average molecular weight is 528 g/mol. The molecule has 1 aliphatic heterocycles. The molecule has 1 fully saturated rings. The third-order valence-electron chi connectivity index (χ3n) is 4.58. The molecule has 1 aromatic carbocycles. The van der Waals surface area contributed by atoms with Gasteiger partial charge in [0.2, 0.25) is 5.91 Å². The molecule has 1 aliphatic rings. The Bertz CT molecular complexity index is 838. The Hall–Kier alpha value is -1.88. The van der Waals surface area contributed by atoms with Gasteiger partial charge in [-0.25, -0.2) is 4.98 Å². The fourth-order valence-electron chi connectivity index (χ4n) is 3.09. The quantitative estimate of drug-likeness (QED) is 0.329. The van der Waals surface area contributed by atoms with Crippen LogP contribution in [0.25, 0.3) is 0 Å². The second-order valence-electron chi connectivity index (χ2n) is 7.03. The molecule has 7 nitrogen and oxygen atoms in total. The summed E-state index contributed by atoms with van der Waals surface area (Å²) in [5.74, 6) is 0.993. The number of hydrogen-bond acceptors (Lipinski definition) is 5. The lowest BCUT2D eigenvalue weighted by atomic mass is 10.1. The van der Waals surface area contributed by atoms with Crippen molar-refractivity contribution in [2.45, 2.75) is 32.5 Å². The van der Waals surface area contributed by atoms with Crippen LogP contribution in [0.15, 0.2) is 34.6 Å². The van der Waals surface area contributed by atoms with E-state index in [1.807, 2.05) is 30.0 Å². The summed E-state index contributed by atoms with van der Waals surface area (Å²) < 4.78 is 0. The van der Waals surface area contributed by atoms with Crippen LogP contribution in [0.3, 0.4) is 0 Å². The Balaban J connectivity index is 0.00000300. The number of halogens is 1. The van der Waals surface area contributed by atoms with Crippen LogP contribution in [0.5, 0.6) is 0 Å². The van der Waals surface area contributed by atoms with Crippen molar-refractivity contribution >= 4 is 52.3 Å². The molecular formula is C20H29IN6OS. The zero-order chi connectivity index (χ0) is 19.9. The van der Waals surface area contributed by atoms with Gasteiger partial charge in [0.15, 0.2) is 11.1 Å². The third-order valence-corrected chi connectivity index (χ3v) is 5.64. The molecule has 1 aromatic heterocycles. The molecule has 29 heavy (non-hydrogen) atoms. The molecule has 158 valence electrons. The van der Waals surface area contributed by atoms with Crippen LogP contribution >= 0.6 is 35.3 Å². The zero-order valence-corrected chi connectivity index (χ0v) is 20.3. The topological polar surface area (TPSA) is 72.9 Å². The number of amides is 1. The summed E-state index contributed by atoms with van der Waals surface area (Å²) in [6, 6.07) is 8.35. The number of anilines is 1. The molecule has 3 rings (SSSR count). The van der Waals surface area contributed by atoms with Crippen LogP contribution in [0, 0.1) is 0 Å². The minimum absolute atomic E-state index is 0. The van der Waals surface area contributed by atoms with Crippen molar-refractivity contribution in [3.8, 4) is 0 Å². The first kappa shape index (κ1) is 23.4. The minimum atomic E-state index is 0. The molecule has 1 saturated heterocycles. The van der Waals surface area contributed by atoms with Gasteiger partial charge in [0, 0.05) is 52.6 Å². The summed E-state index contributed by atoms with van der Waals surface area (Å²) >= 11 is 1.63. The number of benzene rings is 1. The first-order valence-electron chi connectivity index (χ1n) is 9.47. The Labute approximate surface area is 193 Å². The number of aliphatic imine (C=N–C) groups is 1. The van der Waals surface area contributed by atoms with E-state index in [0.717, 1.165) is 40.9 Å². The van der Waals surface area contributed by atoms with Crippen molar-refractivity contribution in [2.24, 2.45) is 4.99 Å². The monoisotopic (exact) mass is 528 g/mol. The van der Waals surface area contributed by atoms with E-state index < -0.39 is 0 Å². The molecule has 2 heterocycles. The number of nitrogens with zero attached hydrogens (tertiary/aromatic N) is 4. The fourth-order valence-corrected chi connectivity index (χ4v) is 3.85. The van der Waals surface area contributed by atoms with E-state index in [-0.39, 0.29) is 29.9 Å². The highest BCUT2D eigenvalue weighted by Gasteiger charge is 2.19. The Morgan fingerprint density at radius 3 is 2.69 bits per heavy atom. The van der Waals surface area contributed by atoms with Crippen LogP contribution in [-0.4, -0.2) is 49.4 Å². The van der Waals surface area contributed by atoms with Gasteiger partial charge in [-0.1, -0.05) is 24.3 Å². The third kappa shape index (κ3) is 6.84. The lowest BCUT2D eigenvalue weighted by Crippen LogP contribution is -2.36. The van der Waals surface area contributed by atoms with Crippen molar-refractivity contribution in [1.82, 2.24) is 20.5 Å². The number of nitrogens with one attached hydrogen (secondary N) is 2. The maximum Gasteiger partial charge on any atom is 0.222 e. The van der Waals surface area contributed by atoms with Gasteiger partial charge in [0.1, 0.15) is 0 Å². The summed E-state index contributed by atoms with van der Waals surface area (Å²) in [7, 11) is 5.74. The fraction of sp³-hybridized carbons (Fsp3) is 0.450. The van der Waals surface area contributed by atoms with E-state index in [2.05, 4.69) is 44.2 Å². The Morgan fingerprint density at radius 1 is 1.28 bits per heavy atom. The number of hydrogen-bond donors (Lipinski definition) is 2. The number of likely N-dealkylation sites (tertiary alicyclic amines) is 1. The summed E-state index contributed by atoms with van der Waals surface area (Å²) in [5, 5.41) is 9.69. The molecule has 0 radical (unpaired) electrons. The van der Waals surface area contributed by atoms with Crippen molar-refractivity contribution in [1.29, 1.82) is 0 Å². The molecule has 0 atom stereocenters. The second kappa shape index (κ2) is 11.3. The minimum Gasteiger partial charge on any atom is -0.354 e. The summed E-state index contributed by atoms with van der Waals surface area (Å²) in [5.41, 5.74) is 3.32. The van der Waals surface area contributed by atoms with Crippen LogP contribution < -0.4 is 15.5 Å². The van der Waals surface area contributed by atoms with E-state index in [9.17, 15) is 4.79 Å². The molecule has 0 bridgehead atoms. The molecule has 9 heteroatoms. The van der Waals surface area contributed by atoms with Gasteiger partial charge in [-0.3, -0.25) is 9.79 Å². The lowest BCUT2D eigenvalue weighted by Gasteiger charge is -2.16. The number of guanidine groups is 1. The van der Waals surface area contributed by atoms with Crippen LogP contribution in [-0.2, 0) is 24.4 Å². The van der Waals surface area contributed by atoms with E-state index in [1.54, 1.807) is 18.4 Å². The van der Waals surface area contributed by atoms with E-state index in [1.165, 1.54) is 0 Å². The molecule has 0 unspecified atom stereocenters. The van der Waals surface area contributed by atoms with Gasteiger partial charge < -0.3 is 20.4 Å². The highest BCUT2D eigenvalue weighted by Crippen LogP contribution is 2.17. The van der Waals surface area contributed by atoms with Gasteiger partial charge in [-0.15, -0.1) is 35.3 Å². The predicted molar refractivity (Wildman–Crippen MR) is 130 cm³/mol. The van der Waals surface area contributed by atoms with Gasteiger partial charge in [0.25, 0.3) is 0 Å². The smallest absolute Gasteiger partial charge is 0.222 e. The highest BCUT2D eigenvalue weighted by molar-refractivity contribution is 14.0. The van der Waals surface area contributed by atoms with Crippen molar-refractivity contribution in [3.05, 3.63) is 46.5 Å². The van der Waals surface area contributed by atoms with Gasteiger partial charge in [-0.2, -0.15) is 0 Å². The normalized spacial score (nSPS) is 14.0. The molecule has 1 amide bonds. The molecule has 0 aliphatic carbocycles. The van der Waals surface area contributed by atoms with Crippen molar-refractivity contribution in [3.63, 3.8) is 0 Å². The SMILES string of the molecule is CN=C(NCc1cccc(CN2CCCC2=O)c1)NCc1csc(N(C)C)n1.I. The number of rotatable bonds is 7. The standard InChI is InChI=1S/C20H28N6OS.HI/c1-21-19(23-12-17-14-28-20(24-17)25(2)3)22-11-15-6-4-7-16(10-15)13-26-9-5-8-18(26)27;/h4,6-7,10,14H,5,8-9,11-13H2,1-3H3,(H2,21,22,23);1H. The molecule has 0 spiro atoms. The zero-order valence-electron chi connectivity index (χ0n) is 17.1. The van der Waals surface area contributed by atoms with Crippen molar-refractivity contribution in [2.75, 3.05) is 32.6 Å². The highest BCUT2D eigenvalue weighted by atomic mass is 127. The van der Waals surface area contributed by atoms with Crippen LogP contribution in [0.2, 0.25) is 0 Å². The maximum atomic E-state index is 11.8. The molecule has 2 N–H and O–H groups in total. The largest absolute Gasteiger partial charge is 0.354 e. The number of thiazole rings is 1. The van der Waals surface area contributed by atoms with Gasteiger partial charge >= 0.3 is 0 Å². The van der Waals surface area contributed by atoms with Crippen LogP contribution in [0.4, 0.5) is 5.13 Å². The lowest BCUT2D eigenvalue weighted by molar-refractivity contribution is -0.128. The predicted octanol–water partition coefficient (Wildman–Crippen LogP) is 2.81. The Kier molecular flexibility index (Phi) is 9.15. The summed E-state index contributed by atoms with van der Waals surface area (Å²) in [4.78, 5) is 24.6. The number of carbonyl (C=O) groups excluding carboxylic acids is 1. The maximum absolute atomic E-state index is 11.8. The number of aromatic nitrogens is 1. The van der Waals surface area contributed by atoms with Gasteiger partial charge in [-0.05, 0) is 17.5 Å². The first-order valence-corrected chi connectivity index (χ1v) is 10.3. The second-order valence-corrected chi connectivity index (χ2v) is 7.87. The van der Waals surface area contributed by atoms with E-state index >= 15 is 0 Å². The number of carbonyl (C=O) groups is 1. The summed E-state index contributed by atoms with van der Waals surface area (Å²) in [6.45, 7) is 2.85. The van der Waals surface area contributed by atoms with Crippen LogP contribution in [0.1, 0.15) is 29.7 Å². The molecular weight excluding hydrogens is 499 g/mol. The molecule has 0 saturated carbocycles. The average Bonchev–Trinajstić information content (AvgIpc) is 3.32. The Morgan fingerprint density at radius 2 is 2.03 bits per heavy atom. The van der Waals surface area contributed by atoms with Gasteiger partial charge in [0.05, 0.1) is 12.2 Å².